The third-order valence-corrected chi connectivity index (χ3v) is 5.57. The smallest absolute Gasteiger partial charge is 0.0850 e. The lowest BCUT2D eigenvalue weighted by Crippen LogP contribution is -2.00. The molecule has 0 aromatic heterocycles. The van der Waals surface area contributed by atoms with Crippen LogP contribution in [0.1, 0.15) is 44.5 Å². The molecule has 0 bridgehead atoms. The average molecular weight is 348 g/mol. The van der Waals surface area contributed by atoms with Crippen LogP contribution in [-0.2, 0) is 22.3 Å². The van der Waals surface area contributed by atoms with Gasteiger partial charge in [0.2, 0.25) is 0 Å². The van der Waals surface area contributed by atoms with Crippen molar-refractivity contribution < 1.29 is 9.47 Å². The first-order valence-corrected chi connectivity index (χ1v) is 9.61. The predicted octanol–water partition coefficient (Wildman–Crippen LogP) is 4.97. The Morgan fingerprint density at radius 1 is 0.692 bits per heavy atom. The zero-order chi connectivity index (χ0) is 18.3. The molecule has 26 heavy (non-hydrogen) atoms. The Kier molecular flexibility index (Phi) is 4.73. The topological polar surface area (TPSA) is 25.1 Å². The van der Waals surface area contributed by atoms with Crippen molar-refractivity contribution in [2.75, 3.05) is 13.2 Å². The Bertz CT molecular complexity index is 737. The number of aryl methyl sites for hydroxylation is 4. The number of rotatable bonds is 6. The quantitative estimate of drug-likeness (QED) is 0.544. The van der Waals surface area contributed by atoms with E-state index in [9.17, 15) is 0 Å². The molecule has 0 radical (unpaired) electrons. The summed E-state index contributed by atoms with van der Waals surface area (Å²) in [7, 11) is 0. The Morgan fingerprint density at radius 3 is 1.27 bits per heavy atom. The van der Waals surface area contributed by atoms with Crippen LogP contribution < -0.4 is 0 Å². The maximum Gasteiger partial charge on any atom is 0.0850 e. The molecule has 2 aromatic rings. The van der Waals surface area contributed by atoms with Crippen LogP contribution in [0.15, 0.2) is 24.3 Å². The predicted molar refractivity (Wildman–Crippen MR) is 108 cm³/mol. The van der Waals surface area contributed by atoms with Crippen LogP contribution in [0.3, 0.4) is 0 Å². The van der Waals surface area contributed by atoms with E-state index in [0.29, 0.717) is 12.2 Å². The van der Waals surface area contributed by atoms with Crippen LogP contribution in [-0.4, -0.2) is 25.4 Å². The van der Waals surface area contributed by atoms with E-state index in [1.807, 2.05) is 0 Å². The number of hydrogen-bond acceptors (Lipinski definition) is 2. The van der Waals surface area contributed by atoms with Crippen LogP contribution in [0, 0.1) is 27.7 Å². The highest BCUT2D eigenvalue weighted by Crippen LogP contribution is 2.26. The summed E-state index contributed by atoms with van der Waals surface area (Å²) in [4.78, 5) is 0. The minimum absolute atomic E-state index is 0.444. The van der Waals surface area contributed by atoms with Crippen LogP contribution in [0.2, 0.25) is 0 Å². The van der Waals surface area contributed by atoms with Crippen LogP contribution >= 0.6 is 0 Å². The van der Waals surface area contributed by atoms with Crippen LogP contribution in [0.5, 0.6) is 0 Å². The molecule has 0 aliphatic carbocycles. The van der Waals surface area contributed by atoms with Crippen LogP contribution in [0.25, 0.3) is 12.2 Å². The molecular formula is C24H28O2. The van der Waals surface area contributed by atoms with E-state index in [2.05, 4.69) is 64.1 Å². The van der Waals surface area contributed by atoms with Gasteiger partial charge in [0.1, 0.15) is 0 Å². The summed E-state index contributed by atoms with van der Waals surface area (Å²) in [6.07, 6.45) is 7.45. The van der Waals surface area contributed by atoms with Crippen molar-refractivity contribution in [3.8, 4) is 0 Å². The zero-order valence-electron chi connectivity index (χ0n) is 16.3. The zero-order valence-corrected chi connectivity index (χ0v) is 16.3. The fourth-order valence-electron chi connectivity index (χ4n) is 3.91. The third kappa shape index (κ3) is 4.08. The van der Waals surface area contributed by atoms with E-state index in [0.717, 1.165) is 26.1 Å². The maximum absolute atomic E-state index is 5.40. The molecule has 2 unspecified atom stereocenters. The molecule has 2 nitrogen and oxygen atoms in total. The lowest BCUT2D eigenvalue weighted by molar-refractivity contribution is 0.407. The number of benzene rings is 2. The van der Waals surface area contributed by atoms with Crippen molar-refractivity contribution in [1.29, 1.82) is 0 Å². The minimum Gasteiger partial charge on any atom is -0.373 e. The van der Waals surface area contributed by atoms with E-state index in [-0.39, 0.29) is 0 Å². The second-order valence-electron chi connectivity index (χ2n) is 7.92. The molecule has 2 aromatic carbocycles. The SMILES string of the molecule is Cc1cc(/C=C/c2cc(C)c(CC3CO3)c(C)c2)cc(C)c1CC1CO1. The second-order valence-corrected chi connectivity index (χ2v) is 7.92. The lowest BCUT2D eigenvalue weighted by atomic mass is 9.94. The highest BCUT2D eigenvalue weighted by atomic mass is 16.6. The molecule has 136 valence electrons. The third-order valence-electron chi connectivity index (χ3n) is 5.57. The van der Waals surface area contributed by atoms with Crippen molar-refractivity contribution in [3.63, 3.8) is 0 Å². The van der Waals surface area contributed by atoms with Gasteiger partial charge < -0.3 is 9.47 Å². The van der Waals surface area contributed by atoms with E-state index in [4.69, 9.17) is 9.47 Å². The van der Waals surface area contributed by atoms with Gasteiger partial charge in [0.15, 0.2) is 0 Å². The van der Waals surface area contributed by atoms with Gasteiger partial charge in [0, 0.05) is 12.8 Å². The minimum atomic E-state index is 0.444. The average Bonchev–Trinajstić information content (AvgIpc) is 3.48. The standard InChI is InChI=1S/C24H28O2/c1-15-7-19(8-16(2)23(15)11-21-13-25-21)5-6-20-9-17(3)24(18(4)10-20)12-22-14-26-22/h5-10,21-22H,11-14H2,1-4H3/b6-5+. The summed E-state index contributed by atoms with van der Waals surface area (Å²) >= 11 is 0. The molecule has 2 heterocycles. The Hall–Kier alpha value is -1.90. The van der Waals surface area contributed by atoms with Gasteiger partial charge in [0.05, 0.1) is 25.4 Å². The molecule has 2 saturated heterocycles. The fraction of sp³-hybridized carbons (Fsp3) is 0.417. The highest BCUT2D eigenvalue weighted by Gasteiger charge is 2.25. The number of epoxide rings is 2. The first-order chi connectivity index (χ1) is 12.5. The van der Waals surface area contributed by atoms with Gasteiger partial charge >= 0.3 is 0 Å². The summed E-state index contributed by atoms with van der Waals surface area (Å²) in [5.74, 6) is 0. The maximum atomic E-state index is 5.40. The first-order valence-electron chi connectivity index (χ1n) is 9.61. The summed E-state index contributed by atoms with van der Waals surface area (Å²) in [6, 6.07) is 9.17. The van der Waals surface area contributed by atoms with Crippen molar-refractivity contribution in [2.24, 2.45) is 0 Å². The first kappa shape index (κ1) is 17.5. The van der Waals surface area contributed by atoms with E-state index in [1.165, 1.54) is 44.5 Å². The normalized spacial score (nSPS) is 21.4. The molecule has 2 atom stereocenters. The molecule has 2 aliphatic rings. The summed E-state index contributed by atoms with van der Waals surface area (Å²) in [6.45, 7) is 10.7. The Balaban J connectivity index is 1.53. The lowest BCUT2D eigenvalue weighted by Gasteiger charge is -2.11. The highest BCUT2D eigenvalue weighted by molar-refractivity contribution is 5.71. The molecule has 2 aliphatic heterocycles. The fourth-order valence-corrected chi connectivity index (χ4v) is 3.91. The Labute approximate surface area is 156 Å². The van der Waals surface area contributed by atoms with Gasteiger partial charge in [0.25, 0.3) is 0 Å². The molecule has 2 heteroatoms. The Morgan fingerprint density at radius 2 is 1.00 bits per heavy atom. The summed E-state index contributed by atoms with van der Waals surface area (Å²) < 4.78 is 10.8. The van der Waals surface area contributed by atoms with E-state index < -0.39 is 0 Å². The summed E-state index contributed by atoms with van der Waals surface area (Å²) in [5.41, 5.74) is 10.9. The number of hydrogen-bond donors (Lipinski definition) is 0. The number of ether oxygens (including phenoxy) is 2. The van der Waals surface area contributed by atoms with Crippen molar-refractivity contribution in [3.05, 3.63) is 68.8 Å². The molecule has 2 fully saturated rings. The molecule has 0 N–H and O–H groups in total. The molecule has 0 amide bonds. The molecule has 0 saturated carbocycles. The van der Waals surface area contributed by atoms with Crippen molar-refractivity contribution in [1.82, 2.24) is 0 Å². The van der Waals surface area contributed by atoms with Crippen molar-refractivity contribution in [2.45, 2.75) is 52.7 Å². The largest absolute Gasteiger partial charge is 0.373 e. The monoisotopic (exact) mass is 348 g/mol. The van der Waals surface area contributed by atoms with Crippen LogP contribution in [0.4, 0.5) is 0 Å². The van der Waals surface area contributed by atoms with Gasteiger partial charge in [-0.15, -0.1) is 0 Å². The molecular weight excluding hydrogens is 320 g/mol. The van der Waals surface area contributed by atoms with Gasteiger partial charge in [-0.1, -0.05) is 36.4 Å². The molecule has 4 rings (SSSR count). The van der Waals surface area contributed by atoms with Gasteiger partial charge in [-0.25, -0.2) is 0 Å². The van der Waals surface area contributed by atoms with Gasteiger partial charge in [-0.05, 0) is 72.2 Å². The second kappa shape index (κ2) is 7.02. The summed E-state index contributed by atoms with van der Waals surface area (Å²) in [5, 5.41) is 0. The van der Waals surface area contributed by atoms with Gasteiger partial charge in [-0.3, -0.25) is 0 Å². The molecule has 0 spiro atoms. The van der Waals surface area contributed by atoms with Crippen molar-refractivity contribution >= 4 is 12.2 Å². The van der Waals surface area contributed by atoms with E-state index >= 15 is 0 Å². The van der Waals surface area contributed by atoms with E-state index in [1.54, 1.807) is 0 Å². The van der Waals surface area contributed by atoms with Gasteiger partial charge in [-0.2, -0.15) is 0 Å².